The van der Waals surface area contributed by atoms with Gasteiger partial charge in [0.1, 0.15) is 0 Å². The van der Waals surface area contributed by atoms with Crippen LogP contribution in [0.15, 0.2) is 36.4 Å². The zero-order chi connectivity index (χ0) is 28.8. The van der Waals surface area contributed by atoms with Crippen LogP contribution in [0.25, 0.3) is 22.2 Å². The van der Waals surface area contributed by atoms with Crippen LogP contribution >= 0.6 is 0 Å². The van der Waals surface area contributed by atoms with Crippen molar-refractivity contribution in [3.8, 4) is 22.8 Å². The second-order valence-corrected chi connectivity index (χ2v) is 14.0. The smallest absolute Gasteiger partial charge is 0.161 e. The van der Waals surface area contributed by atoms with Crippen LogP contribution < -0.4 is 14.4 Å². The molecule has 1 N–H and O–H groups in total. The molecule has 2 fully saturated rings. The number of nitrogens with zero attached hydrogens (tertiary/aromatic N) is 2. The van der Waals surface area contributed by atoms with Crippen molar-refractivity contribution in [3.63, 3.8) is 0 Å². The molecule has 0 aliphatic carbocycles. The first-order valence-corrected chi connectivity index (χ1v) is 15.3. The summed E-state index contributed by atoms with van der Waals surface area (Å²) in [6.45, 7) is 16.6. The molecule has 2 aliphatic heterocycles. The van der Waals surface area contributed by atoms with E-state index in [0.29, 0.717) is 5.92 Å². The van der Waals surface area contributed by atoms with Crippen LogP contribution in [0.5, 0.6) is 11.5 Å². The predicted molar refractivity (Wildman–Crippen MR) is 169 cm³/mol. The summed E-state index contributed by atoms with van der Waals surface area (Å²) in [7, 11) is 5.69. The molecule has 40 heavy (non-hydrogen) atoms. The van der Waals surface area contributed by atoms with E-state index in [2.05, 4.69) is 93.7 Å². The molecule has 0 bridgehead atoms. The number of hydrogen-bond donors (Lipinski definition) is 1. The van der Waals surface area contributed by atoms with Crippen LogP contribution in [0.3, 0.4) is 0 Å². The second-order valence-electron chi connectivity index (χ2n) is 14.0. The molecule has 3 aromatic rings. The Morgan fingerprint density at radius 1 is 0.875 bits per heavy atom. The lowest BCUT2D eigenvalue weighted by molar-refractivity contribution is -0.0356. The molecule has 218 valence electrons. The van der Waals surface area contributed by atoms with Gasteiger partial charge in [-0.1, -0.05) is 13.8 Å². The molecule has 0 amide bonds. The Morgan fingerprint density at radius 3 is 2.12 bits per heavy atom. The molecular formula is C35H51N3O2. The number of fused-ring (bicyclic) bond motifs is 1. The van der Waals surface area contributed by atoms with Crippen molar-refractivity contribution in [2.24, 2.45) is 11.8 Å². The molecule has 0 spiro atoms. The Bertz CT molecular complexity index is 1310. The number of anilines is 1. The van der Waals surface area contributed by atoms with Gasteiger partial charge in [-0.25, -0.2) is 0 Å². The first kappa shape index (κ1) is 28.9. The largest absolute Gasteiger partial charge is 0.493 e. The summed E-state index contributed by atoms with van der Waals surface area (Å²) in [5.74, 6) is 3.57. The molecule has 2 aromatic carbocycles. The highest BCUT2D eigenvalue weighted by Crippen LogP contribution is 2.44. The average Bonchev–Trinajstić information content (AvgIpc) is 3.30. The zero-order valence-electron chi connectivity index (χ0n) is 26.4. The van der Waals surface area contributed by atoms with Crippen molar-refractivity contribution in [1.29, 1.82) is 0 Å². The number of rotatable bonds is 7. The van der Waals surface area contributed by atoms with Crippen LogP contribution in [0.2, 0.25) is 0 Å². The number of hydrogen-bond acceptors (Lipinski definition) is 4. The Morgan fingerprint density at radius 2 is 1.52 bits per heavy atom. The van der Waals surface area contributed by atoms with Gasteiger partial charge in [-0.2, -0.15) is 0 Å². The van der Waals surface area contributed by atoms with Gasteiger partial charge >= 0.3 is 0 Å². The predicted octanol–water partition coefficient (Wildman–Crippen LogP) is 8.48. The molecule has 1 aromatic heterocycles. The fourth-order valence-corrected chi connectivity index (χ4v) is 7.86. The average molecular weight is 546 g/mol. The number of benzene rings is 2. The van der Waals surface area contributed by atoms with Gasteiger partial charge in [0.15, 0.2) is 11.5 Å². The van der Waals surface area contributed by atoms with Gasteiger partial charge in [0.25, 0.3) is 0 Å². The highest BCUT2D eigenvalue weighted by molar-refractivity contribution is 5.93. The summed E-state index contributed by atoms with van der Waals surface area (Å²) in [6, 6.07) is 13.2. The third-order valence-corrected chi connectivity index (χ3v) is 10.1. The normalized spacial score (nSPS) is 20.4. The highest BCUT2D eigenvalue weighted by Gasteiger charge is 2.43. The molecular weight excluding hydrogens is 494 g/mol. The van der Waals surface area contributed by atoms with Crippen LogP contribution in [0, 0.1) is 11.8 Å². The van der Waals surface area contributed by atoms with Gasteiger partial charge in [0, 0.05) is 46.3 Å². The van der Waals surface area contributed by atoms with E-state index in [4.69, 9.17) is 9.47 Å². The van der Waals surface area contributed by atoms with E-state index in [-0.39, 0.29) is 11.1 Å². The van der Waals surface area contributed by atoms with E-state index in [1.807, 2.05) is 6.07 Å². The summed E-state index contributed by atoms with van der Waals surface area (Å²) in [4.78, 5) is 8.96. The van der Waals surface area contributed by atoms with Crippen LogP contribution in [0.1, 0.15) is 85.1 Å². The number of aromatic nitrogens is 1. The quantitative estimate of drug-likeness (QED) is 0.323. The number of piperidine rings is 2. The molecule has 0 unspecified atom stereocenters. The Balaban J connectivity index is 1.33. The van der Waals surface area contributed by atoms with E-state index in [1.165, 1.54) is 60.0 Å². The second kappa shape index (κ2) is 11.0. The minimum Gasteiger partial charge on any atom is -0.493 e. The van der Waals surface area contributed by atoms with Crippen molar-refractivity contribution in [1.82, 2.24) is 9.88 Å². The fourth-order valence-electron chi connectivity index (χ4n) is 7.86. The van der Waals surface area contributed by atoms with Crippen molar-refractivity contribution in [3.05, 3.63) is 42.0 Å². The third kappa shape index (κ3) is 5.46. The number of ether oxygens (including phenoxy) is 2. The van der Waals surface area contributed by atoms with E-state index < -0.39 is 0 Å². The van der Waals surface area contributed by atoms with Gasteiger partial charge in [-0.3, -0.25) is 4.90 Å². The topological polar surface area (TPSA) is 40.7 Å². The summed E-state index contributed by atoms with van der Waals surface area (Å²) in [5.41, 5.74) is 6.77. The molecule has 5 heteroatoms. The van der Waals surface area contributed by atoms with Crippen molar-refractivity contribution >= 4 is 16.6 Å². The molecule has 0 atom stereocenters. The van der Waals surface area contributed by atoms with E-state index >= 15 is 0 Å². The lowest BCUT2D eigenvalue weighted by atomic mass is 9.70. The fraction of sp³-hybridized carbons (Fsp3) is 0.600. The van der Waals surface area contributed by atoms with Gasteiger partial charge in [0.05, 0.1) is 19.9 Å². The first-order valence-electron chi connectivity index (χ1n) is 15.3. The van der Waals surface area contributed by atoms with Gasteiger partial charge in [-0.05, 0) is 127 Å². The summed E-state index contributed by atoms with van der Waals surface area (Å²) in [6.07, 6.45) is 6.62. The van der Waals surface area contributed by atoms with Crippen LogP contribution in [-0.4, -0.2) is 55.3 Å². The summed E-state index contributed by atoms with van der Waals surface area (Å²) in [5, 5.41) is 1.33. The Kier molecular flexibility index (Phi) is 7.91. The van der Waals surface area contributed by atoms with E-state index in [9.17, 15) is 0 Å². The lowest BCUT2D eigenvalue weighted by Gasteiger charge is -2.54. The SMILES string of the molecule is COc1ccc(-c2[nH]c3ccc(N4CCC(CC5CC(C)(C)N(C)C(C)(C)C5)CC4)cc3c2C(C)C)cc1OC. The Labute approximate surface area is 242 Å². The summed E-state index contributed by atoms with van der Waals surface area (Å²) < 4.78 is 11.1. The monoisotopic (exact) mass is 545 g/mol. The number of aromatic amines is 1. The van der Waals surface area contributed by atoms with Crippen molar-refractivity contribution < 1.29 is 9.47 Å². The molecule has 3 heterocycles. The molecule has 5 nitrogen and oxygen atoms in total. The van der Waals surface area contributed by atoms with Gasteiger partial charge < -0.3 is 19.4 Å². The maximum Gasteiger partial charge on any atom is 0.161 e. The Hall–Kier alpha value is -2.66. The number of likely N-dealkylation sites (tertiary alicyclic amines) is 1. The zero-order valence-corrected chi connectivity index (χ0v) is 26.4. The van der Waals surface area contributed by atoms with Crippen molar-refractivity contribution in [2.75, 3.05) is 39.3 Å². The number of methoxy groups -OCH3 is 2. The first-order chi connectivity index (χ1) is 18.9. The molecule has 0 saturated carbocycles. The maximum atomic E-state index is 5.61. The number of H-pyrrole nitrogens is 1. The minimum absolute atomic E-state index is 0.281. The molecule has 5 rings (SSSR count). The van der Waals surface area contributed by atoms with Crippen LogP contribution in [0.4, 0.5) is 5.69 Å². The van der Waals surface area contributed by atoms with Crippen molar-refractivity contribution in [2.45, 2.75) is 90.6 Å². The van der Waals surface area contributed by atoms with Crippen LogP contribution in [-0.2, 0) is 0 Å². The summed E-state index contributed by atoms with van der Waals surface area (Å²) >= 11 is 0. The standard InChI is InChI=1S/C35H51N3O2/c1-23(2)32-28-20-27(11-12-29(28)36-33(32)26-10-13-30(39-8)31(19-26)40-9)38-16-14-24(15-17-38)18-25-21-34(3,4)37(7)35(5,6)22-25/h10-13,19-20,23-25,36H,14-18,21-22H2,1-9H3. The molecule has 2 saturated heterocycles. The highest BCUT2D eigenvalue weighted by atomic mass is 16.5. The number of nitrogens with one attached hydrogen (secondary N) is 1. The minimum atomic E-state index is 0.281. The lowest BCUT2D eigenvalue weighted by Crippen LogP contribution is -2.58. The maximum absolute atomic E-state index is 5.61. The third-order valence-electron chi connectivity index (χ3n) is 10.1. The van der Waals surface area contributed by atoms with E-state index in [1.54, 1.807) is 14.2 Å². The van der Waals surface area contributed by atoms with Gasteiger partial charge in [0.2, 0.25) is 0 Å². The van der Waals surface area contributed by atoms with E-state index in [0.717, 1.165) is 42.0 Å². The molecule has 2 aliphatic rings. The van der Waals surface area contributed by atoms with Gasteiger partial charge in [-0.15, -0.1) is 0 Å². The molecule has 0 radical (unpaired) electrons.